The Labute approximate surface area is 170 Å². The Bertz CT molecular complexity index is 881. The fourth-order valence-corrected chi connectivity index (χ4v) is 3.26. The summed E-state index contributed by atoms with van der Waals surface area (Å²) in [4.78, 5) is 39.5. The smallest absolute Gasteiger partial charge is 0.355 e. The van der Waals surface area contributed by atoms with Gasteiger partial charge in [0.25, 0.3) is 0 Å². The molecule has 0 saturated heterocycles. The van der Waals surface area contributed by atoms with Crippen molar-refractivity contribution < 1.29 is 23.5 Å². The highest BCUT2D eigenvalue weighted by molar-refractivity contribution is 6.04. The number of carbonyl (C=O) groups excluding carboxylic acids is 3. The van der Waals surface area contributed by atoms with Crippen LogP contribution in [0.2, 0.25) is 0 Å². The molecule has 0 saturated carbocycles. The second-order valence-corrected chi connectivity index (χ2v) is 7.18. The van der Waals surface area contributed by atoms with Gasteiger partial charge in [-0.05, 0) is 52.3 Å². The largest absolute Gasteiger partial charge is 0.467 e. The van der Waals surface area contributed by atoms with Gasteiger partial charge in [-0.15, -0.1) is 0 Å². The predicted octanol–water partition coefficient (Wildman–Crippen LogP) is 3.21. The van der Waals surface area contributed by atoms with Crippen LogP contribution in [-0.4, -0.2) is 46.4 Å². The highest BCUT2D eigenvalue weighted by Crippen LogP contribution is 2.23. The van der Waals surface area contributed by atoms with Crippen molar-refractivity contribution in [3.63, 3.8) is 0 Å². The Morgan fingerprint density at radius 2 is 1.97 bits per heavy atom. The van der Waals surface area contributed by atoms with Crippen molar-refractivity contribution in [1.29, 1.82) is 0 Å². The summed E-state index contributed by atoms with van der Waals surface area (Å²) in [7, 11) is 1.72. The Morgan fingerprint density at radius 1 is 1.28 bits per heavy atom. The fraction of sp³-hybridized carbons (Fsp3) is 0.476. The van der Waals surface area contributed by atoms with Gasteiger partial charge >= 0.3 is 12.0 Å². The number of nitrogens with one attached hydrogen (secondary N) is 1. The molecule has 8 heteroatoms. The number of esters is 1. The van der Waals surface area contributed by atoms with Gasteiger partial charge in [0.1, 0.15) is 11.5 Å². The molecule has 2 heterocycles. The molecule has 2 aromatic rings. The van der Waals surface area contributed by atoms with Crippen LogP contribution in [0.5, 0.6) is 0 Å². The van der Waals surface area contributed by atoms with Crippen molar-refractivity contribution in [3.8, 4) is 0 Å². The van der Waals surface area contributed by atoms with Crippen molar-refractivity contribution in [1.82, 2.24) is 14.8 Å². The van der Waals surface area contributed by atoms with E-state index in [9.17, 15) is 14.4 Å². The zero-order valence-corrected chi connectivity index (χ0v) is 17.9. The number of rotatable bonds is 8. The summed E-state index contributed by atoms with van der Waals surface area (Å²) in [5.74, 6) is -0.151. The first-order valence-electron chi connectivity index (χ1n) is 9.61. The maximum absolute atomic E-state index is 13.1. The van der Waals surface area contributed by atoms with E-state index in [2.05, 4.69) is 5.32 Å². The lowest BCUT2D eigenvalue weighted by Crippen LogP contribution is -2.44. The SMILES string of the molecule is CCOC(=O)c1c(C)c(C(=O)CN(Cc2ccco2)C(=O)NC(C)C)c(C)n1C. The fourth-order valence-electron chi connectivity index (χ4n) is 3.26. The summed E-state index contributed by atoms with van der Waals surface area (Å²) in [5.41, 5.74) is 1.97. The predicted molar refractivity (Wildman–Crippen MR) is 108 cm³/mol. The molecule has 0 aliphatic rings. The van der Waals surface area contributed by atoms with Crippen LogP contribution in [0.3, 0.4) is 0 Å². The topological polar surface area (TPSA) is 93.8 Å². The molecule has 2 aromatic heterocycles. The average molecular weight is 403 g/mol. The Kier molecular flexibility index (Phi) is 7.25. The first kappa shape index (κ1) is 22.3. The second kappa shape index (κ2) is 9.45. The lowest BCUT2D eigenvalue weighted by molar-refractivity contribution is 0.0514. The van der Waals surface area contributed by atoms with E-state index < -0.39 is 5.97 Å². The maximum Gasteiger partial charge on any atom is 0.355 e. The van der Waals surface area contributed by atoms with Crippen LogP contribution in [0.1, 0.15) is 58.6 Å². The highest BCUT2D eigenvalue weighted by Gasteiger charge is 2.28. The summed E-state index contributed by atoms with van der Waals surface area (Å²) < 4.78 is 12.1. The van der Waals surface area contributed by atoms with Crippen LogP contribution in [-0.2, 0) is 18.3 Å². The molecule has 0 bridgehead atoms. The molecule has 0 aliphatic carbocycles. The number of amides is 2. The molecule has 2 rings (SSSR count). The molecule has 0 fully saturated rings. The molecule has 158 valence electrons. The molecule has 8 nitrogen and oxygen atoms in total. The first-order chi connectivity index (χ1) is 13.7. The zero-order chi connectivity index (χ0) is 21.7. The molecule has 1 N–H and O–H groups in total. The number of ketones is 1. The van der Waals surface area contributed by atoms with Crippen molar-refractivity contribution in [2.45, 2.75) is 47.2 Å². The van der Waals surface area contributed by atoms with Crippen LogP contribution in [0.4, 0.5) is 4.79 Å². The average Bonchev–Trinajstić information content (AvgIpc) is 3.21. The van der Waals surface area contributed by atoms with Gasteiger partial charge in [-0.2, -0.15) is 0 Å². The van der Waals surface area contributed by atoms with Crippen LogP contribution in [0, 0.1) is 13.8 Å². The van der Waals surface area contributed by atoms with Gasteiger partial charge < -0.3 is 23.9 Å². The van der Waals surface area contributed by atoms with Crippen LogP contribution >= 0.6 is 0 Å². The van der Waals surface area contributed by atoms with E-state index in [0.29, 0.717) is 28.3 Å². The van der Waals surface area contributed by atoms with Gasteiger partial charge in [-0.3, -0.25) is 4.79 Å². The molecule has 0 spiro atoms. The Hall–Kier alpha value is -3.03. The van der Waals surface area contributed by atoms with E-state index >= 15 is 0 Å². The van der Waals surface area contributed by atoms with Crippen LogP contribution in [0.25, 0.3) is 0 Å². The van der Waals surface area contributed by atoms with Crippen LogP contribution in [0.15, 0.2) is 22.8 Å². The van der Waals surface area contributed by atoms with Gasteiger partial charge in [0, 0.05) is 24.3 Å². The molecule has 0 aliphatic heterocycles. The van der Waals surface area contributed by atoms with E-state index in [1.807, 2.05) is 13.8 Å². The van der Waals surface area contributed by atoms with E-state index in [1.54, 1.807) is 44.5 Å². The van der Waals surface area contributed by atoms with Crippen molar-refractivity contribution in [2.75, 3.05) is 13.2 Å². The monoisotopic (exact) mass is 403 g/mol. The number of carbonyl (C=O) groups is 3. The lowest BCUT2D eigenvalue weighted by atomic mass is 10.1. The Balaban J connectivity index is 2.32. The molecule has 0 unspecified atom stereocenters. The summed E-state index contributed by atoms with van der Waals surface area (Å²) in [5, 5.41) is 2.81. The quantitative estimate of drug-likeness (QED) is 0.540. The van der Waals surface area contributed by atoms with Crippen molar-refractivity contribution >= 4 is 17.8 Å². The van der Waals surface area contributed by atoms with Crippen LogP contribution < -0.4 is 5.32 Å². The first-order valence-corrected chi connectivity index (χ1v) is 9.61. The third-order valence-corrected chi connectivity index (χ3v) is 4.64. The van der Waals surface area contributed by atoms with Gasteiger partial charge in [-0.25, -0.2) is 9.59 Å². The van der Waals surface area contributed by atoms with E-state index in [-0.39, 0.29) is 37.6 Å². The number of aromatic nitrogens is 1. The molecule has 2 amide bonds. The zero-order valence-electron chi connectivity index (χ0n) is 17.9. The lowest BCUT2D eigenvalue weighted by Gasteiger charge is -2.23. The minimum atomic E-state index is -0.473. The van der Waals surface area contributed by atoms with E-state index in [0.717, 1.165) is 0 Å². The molecule has 0 radical (unpaired) electrons. The molecule has 29 heavy (non-hydrogen) atoms. The second-order valence-electron chi connectivity index (χ2n) is 7.18. The third kappa shape index (κ3) is 5.07. The molecular weight excluding hydrogens is 374 g/mol. The molecule has 0 aromatic carbocycles. The summed E-state index contributed by atoms with van der Waals surface area (Å²) in [6.07, 6.45) is 1.52. The number of nitrogens with zero attached hydrogens (tertiary/aromatic N) is 2. The minimum Gasteiger partial charge on any atom is -0.467 e. The minimum absolute atomic E-state index is 0.0766. The van der Waals surface area contributed by atoms with E-state index in [4.69, 9.17) is 9.15 Å². The summed E-state index contributed by atoms with van der Waals surface area (Å²) >= 11 is 0. The van der Waals surface area contributed by atoms with Crippen molar-refractivity contribution in [2.24, 2.45) is 7.05 Å². The maximum atomic E-state index is 13.1. The highest BCUT2D eigenvalue weighted by atomic mass is 16.5. The normalized spacial score (nSPS) is 10.9. The van der Waals surface area contributed by atoms with Gasteiger partial charge in [0.05, 0.1) is 26.0 Å². The van der Waals surface area contributed by atoms with Crippen molar-refractivity contribution in [3.05, 3.63) is 46.7 Å². The number of hydrogen-bond acceptors (Lipinski definition) is 5. The number of Topliss-reactive ketones (excluding diaryl/α,β-unsaturated/α-hetero) is 1. The number of hydrogen-bond donors (Lipinski definition) is 1. The number of urea groups is 1. The summed E-state index contributed by atoms with van der Waals surface area (Å²) in [6, 6.07) is 3.04. The summed E-state index contributed by atoms with van der Waals surface area (Å²) in [6.45, 7) is 9.18. The van der Waals surface area contributed by atoms with Gasteiger partial charge in [0.15, 0.2) is 5.78 Å². The molecular formula is C21H29N3O5. The number of furan rings is 1. The standard InChI is InChI=1S/C21H29N3O5/c1-7-28-20(26)19-14(4)18(15(5)23(19)6)17(25)12-24(21(27)22-13(2)3)11-16-9-8-10-29-16/h8-10,13H,7,11-12H2,1-6H3,(H,22,27). The molecule has 0 atom stereocenters. The van der Waals surface area contributed by atoms with Gasteiger partial charge in [0.2, 0.25) is 0 Å². The third-order valence-electron chi connectivity index (χ3n) is 4.64. The number of ether oxygens (including phenoxy) is 1. The Morgan fingerprint density at radius 3 is 2.52 bits per heavy atom. The van der Waals surface area contributed by atoms with E-state index in [1.165, 1.54) is 11.2 Å². The van der Waals surface area contributed by atoms with Gasteiger partial charge in [-0.1, -0.05) is 0 Å².